The molecule has 0 bridgehead atoms. The Morgan fingerprint density at radius 1 is 1.36 bits per heavy atom. The highest BCUT2D eigenvalue weighted by atomic mass is 127. The van der Waals surface area contributed by atoms with E-state index in [2.05, 4.69) is 22.5 Å². The highest BCUT2D eigenvalue weighted by Gasteiger charge is 2.19. The zero-order chi connectivity index (χ0) is 19.6. The molecule has 2 N–H and O–H groups in total. The normalized spacial score (nSPS) is 17.1. The van der Waals surface area contributed by atoms with Crippen molar-refractivity contribution < 1.29 is 9.13 Å². The minimum Gasteiger partial charge on any atom is -0.383 e. The molecule has 1 saturated heterocycles. The van der Waals surface area contributed by atoms with Crippen molar-refractivity contribution in [2.45, 2.75) is 39.7 Å². The Balaban J connectivity index is 0.00000392. The number of aryl methyl sites for hydroxylation is 1. The van der Waals surface area contributed by atoms with Gasteiger partial charge in [-0.15, -0.1) is 24.0 Å². The molecular formula is C21H36FIN4O. The lowest BCUT2D eigenvalue weighted by Gasteiger charge is -2.31. The largest absolute Gasteiger partial charge is 0.383 e. The van der Waals surface area contributed by atoms with Gasteiger partial charge >= 0.3 is 0 Å². The standard InChI is InChI=1S/C21H35FN4O.HI/c1-5-23-21(25-17(3)19-7-6-16(2)20(22)14-19)24-15-18-8-10-26(11-9-18)12-13-27-4;/h6-7,14,17-18H,5,8-13,15H2,1-4H3,(H2,23,24,25);1H. The van der Waals surface area contributed by atoms with Crippen LogP contribution in [0.5, 0.6) is 0 Å². The van der Waals surface area contributed by atoms with E-state index in [0.29, 0.717) is 11.5 Å². The van der Waals surface area contributed by atoms with E-state index in [1.807, 2.05) is 19.1 Å². The van der Waals surface area contributed by atoms with Crippen LogP contribution in [0.25, 0.3) is 0 Å². The summed E-state index contributed by atoms with van der Waals surface area (Å²) in [5, 5.41) is 6.71. The molecule has 1 aliphatic rings. The number of hydrogen-bond acceptors (Lipinski definition) is 3. The zero-order valence-electron chi connectivity index (χ0n) is 17.6. The Morgan fingerprint density at radius 3 is 2.68 bits per heavy atom. The number of likely N-dealkylation sites (tertiary alicyclic amines) is 1. The molecule has 5 nitrogen and oxygen atoms in total. The van der Waals surface area contributed by atoms with Crippen molar-refractivity contribution in [1.29, 1.82) is 0 Å². The van der Waals surface area contributed by atoms with Crippen molar-refractivity contribution >= 4 is 29.9 Å². The van der Waals surface area contributed by atoms with E-state index in [9.17, 15) is 4.39 Å². The first kappa shape index (κ1) is 25.1. The van der Waals surface area contributed by atoms with Crippen molar-refractivity contribution in [3.63, 3.8) is 0 Å². The van der Waals surface area contributed by atoms with Crippen molar-refractivity contribution in [2.24, 2.45) is 10.9 Å². The number of halogens is 2. The number of hydrogen-bond donors (Lipinski definition) is 2. The van der Waals surface area contributed by atoms with Crippen LogP contribution >= 0.6 is 24.0 Å². The second kappa shape index (κ2) is 13.3. The first-order valence-electron chi connectivity index (χ1n) is 10.1. The molecule has 1 fully saturated rings. The average molecular weight is 506 g/mol. The van der Waals surface area contributed by atoms with Gasteiger partial charge in [0.25, 0.3) is 0 Å². The van der Waals surface area contributed by atoms with Gasteiger partial charge in [0, 0.05) is 26.7 Å². The summed E-state index contributed by atoms with van der Waals surface area (Å²) < 4.78 is 19.0. The molecule has 7 heteroatoms. The van der Waals surface area contributed by atoms with E-state index in [1.54, 1.807) is 20.1 Å². The lowest BCUT2D eigenvalue weighted by atomic mass is 9.97. The number of aliphatic imine (C=N–C) groups is 1. The number of benzene rings is 1. The Bertz CT molecular complexity index is 606. The first-order valence-corrected chi connectivity index (χ1v) is 10.1. The number of nitrogens with zero attached hydrogens (tertiary/aromatic N) is 2. The van der Waals surface area contributed by atoms with Crippen molar-refractivity contribution in [3.8, 4) is 0 Å². The minimum absolute atomic E-state index is 0. The fourth-order valence-electron chi connectivity index (χ4n) is 3.32. The summed E-state index contributed by atoms with van der Waals surface area (Å²) in [5.41, 5.74) is 1.60. The molecule has 1 aromatic carbocycles. The highest BCUT2D eigenvalue weighted by molar-refractivity contribution is 14.0. The van der Waals surface area contributed by atoms with Crippen LogP contribution in [0, 0.1) is 18.7 Å². The summed E-state index contributed by atoms with van der Waals surface area (Å²) in [6, 6.07) is 5.39. The first-order chi connectivity index (χ1) is 13.0. The Morgan fingerprint density at radius 2 is 2.07 bits per heavy atom. The van der Waals surface area contributed by atoms with Crippen LogP contribution in [0.15, 0.2) is 23.2 Å². The van der Waals surface area contributed by atoms with Gasteiger partial charge < -0.3 is 20.3 Å². The number of ether oxygens (including phenoxy) is 1. The molecule has 0 saturated carbocycles. The van der Waals surface area contributed by atoms with Gasteiger partial charge in [0.2, 0.25) is 0 Å². The summed E-state index contributed by atoms with van der Waals surface area (Å²) in [6.07, 6.45) is 2.34. The van der Waals surface area contributed by atoms with Gasteiger partial charge in [0.1, 0.15) is 5.82 Å². The zero-order valence-corrected chi connectivity index (χ0v) is 20.0. The van der Waals surface area contributed by atoms with Gasteiger partial charge in [-0.2, -0.15) is 0 Å². The molecule has 28 heavy (non-hydrogen) atoms. The number of rotatable bonds is 8. The van der Waals surface area contributed by atoms with Crippen LogP contribution in [0.3, 0.4) is 0 Å². The lowest BCUT2D eigenvalue weighted by Crippen LogP contribution is -2.40. The Labute approximate surface area is 186 Å². The number of methoxy groups -OCH3 is 1. The summed E-state index contributed by atoms with van der Waals surface area (Å²) >= 11 is 0. The summed E-state index contributed by atoms with van der Waals surface area (Å²) in [5.74, 6) is 1.25. The second-order valence-electron chi connectivity index (χ2n) is 7.37. The second-order valence-corrected chi connectivity index (χ2v) is 7.37. The number of piperidine rings is 1. The monoisotopic (exact) mass is 506 g/mol. The van der Waals surface area contributed by atoms with E-state index in [1.165, 1.54) is 12.8 Å². The fourth-order valence-corrected chi connectivity index (χ4v) is 3.32. The molecule has 1 heterocycles. The Kier molecular flexibility index (Phi) is 11.9. The molecule has 0 radical (unpaired) electrons. The van der Waals surface area contributed by atoms with E-state index in [0.717, 1.165) is 50.9 Å². The molecule has 1 unspecified atom stereocenters. The maximum Gasteiger partial charge on any atom is 0.191 e. The van der Waals surface area contributed by atoms with Gasteiger partial charge in [-0.3, -0.25) is 4.99 Å². The van der Waals surface area contributed by atoms with E-state index >= 15 is 0 Å². The van der Waals surface area contributed by atoms with Crippen molar-refractivity contribution in [3.05, 3.63) is 35.1 Å². The Hall–Kier alpha value is -0.930. The molecule has 0 aliphatic carbocycles. The van der Waals surface area contributed by atoms with E-state index < -0.39 is 0 Å². The molecule has 1 aromatic rings. The van der Waals surface area contributed by atoms with Crippen molar-refractivity contribution in [1.82, 2.24) is 15.5 Å². The summed E-state index contributed by atoms with van der Waals surface area (Å²) in [6.45, 7) is 11.5. The number of guanidine groups is 1. The molecule has 1 atom stereocenters. The quantitative estimate of drug-likeness (QED) is 0.321. The summed E-state index contributed by atoms with van der Waals surface area (Å²) in [4.78, 5) is 7.25. The third-order valence-electron chi connectivity index (χ3n) is 5.22. The third-order valence-corrected chi connectivity index (χ3v) is 5.22. The van der Waals surface area contributed by atoms with Crippen LogP contribution in [0.1, 0.15) is 43.9 Å². The summed E-state index contributed by atoms with van der Waals surface area (Å²) in [7, 11) is 1.75. The van der Waals surface area contributed by atoms with Crippen LogP contribution in [-0.2, 0) is 4.74 Å². The van der Waals surface area contributed by atoms with E-state index in [-0.39, 0.29) is 35.8 Å². The molecule has 0 aromatic heterocycles. The highest BCUT2D eigenvalue weighted by Crippen LogP contribution is 2.18. The molecular weight excluding hydrogens is 470 g/mol. The predicted molar refractivity (Wildman–Crippen MR) is 125 cm³/mol. The van der Waals surface area contributed by atoms with Gasteiger partial charge in [0.15, 0.2) is 5.96 Å². The maximum absolute atomic E-state index is 13.8. The van der Waals surface area contributed by atoms with Gasteiger partial charge in [-0.05, 0) is 69.8 Å². The maximum atomic E-state index is 13.8. The predicted octanol–water partition coefficient (Wildman–Crippen LogP) is 3.73. The van der Waals surface area contributed by atoms with Gasteiger partial charge in [0.05, 0.1) is 12.6 Å². The van der Waals surface area contributed by atoms with Crippen LogP contribution in [0.2, 0.25) is 0 Å². The molecule has 0 amide bonds. The SMILES string of the molecule is CCNC(=NCC1CCN(CCOC)CC1)NC(C)c1ccc(C)c(F)c1.I. The third kappa shape index (κ3) is 8.21. The average Bonchev–Trinajstić information content (AvgIpc) is 2.67. The number of nitrogens with one attached hydrogen (secondary N) is 2. The lowest BCUT2D eigenvalue weighted by molar-refractivity contribution is 0.121. The van der Waals surface area contributed by atoms with E-state index in [4.69, 9.17) is 9.73 Å². The molecule has 2 rings (SSSR count). The smallest absolute Gasteiger partial charge is 0.191 e. The molecule has 160 valence electrons. The van der Waals surface area contributed by atoms with Crippen LogP contribution in [-0.4, -0.2) is 57.3 Å². The topological polar surface area (TPSA) is 48.9 Å². The van der Waals surface area contributed by atoms with Crippen LogP contribution < -0.4 is 10.6 Å². The minimum atomic E-state index is -0.164. The fraction of sp³-hybridized carbons (Fsp3) is 0.667. The van der Waals surface area contributed by atoms with Crippen molar-refractivity contribution in [2.75, 3.05) is 46.4 Å². The molecule has 0 spiro atoms. The van der Waals surface area contributed by atoms with Gasteiger partial charge in [-0.25, -0.2) is 4.39 Å². The molecule has 1 aliphatic heterocycles. The van der Waals surface area contributed by atoms with Crippen LogP contribution in [0.4, 0.5) is 4.39 Å². The van der Waals surface area contributed by atoms with Gasteiger partial charge in [-0.1, -0.05) is 12.1 Å².